The number of primary sulfonamides is 1. The van der Waals surface area contributed by atoms with Crippen molar-refractivity contribution in [2.45, 2.75) is 11.8 Å². The number of benzene rings is 1. The topological polar surface area (TPSA) is 126 Å². The Balaban J connectivity index is 0.000000423. The van der Waals surface area contributed by atoms with Crippen LogP contribution in [0.5, 0.6) is 0 Å². The number of rotatable bonds is 1. The molecule has 0 aliphatic heterocycles. The lowest BCUT2D eigenvalue weighted by molar-refractivity contribution is 0.538. The van der Waals surface area contributed by atoms with E-state index in [4.69, 9.17) is 13.9 Å². The normalized spacial score (nSPS) is 12.5. The zero-order valence-corrected chi connectivity index (χ0v) is 9.55. The van der Waals surface area contributed by atoms with E-state index in [-0.39, 0.29) is 4.90 Å². The molecular formula is C7H11N2O4S2-. The van der Waals surface area contributed by atoms with Gasteiger partial charge in [-0.3, -0.25) is 9.35 Å². The molecule has 0 aliphatic carbocycles. The highest BCUT2D eigenvalue weighted by atomic mass is 32.2. The Morgan fingerprint density at radius 2 is 1.73 bits per heavy atom. The fourth-order valence-electron chi connectivity index (χ4n) is 0.876. The predicted octanol–water partition coefficient (Wildman–Crippen LogP) is -0.618. The summed E-state index contributed by atoms with van der Waals surface area (Å²) in [6.45, 7) is 1.71. The number of hydrogen-bond donors (Lipinski definition) is 2. The van der Waals surface area contributed by atoms with Gasteiger partial charge in [-0.15, -0.1) is 0 Å². The van der Waals surface area contributed by atoms with Crippen molar-refractivity contribution in [2.24, 2.45) is 10.3 Å². The Hall–Kier alpha value is -0.800. The number of aryl methyl sites for hydroxylation is 1. The van der Waals surface area contributed by atoms with Gasteiger partial charge in [-0.1, -0.05) is 18.2 Å². The van der Waals surface area contributed by atoms with E-state index in [1.165, 1.54) is 6.07 Å². The zero-order valence-electron chi connectivity index (χ0n) is 7.91. The largest absolute Gasteiger partial charge is 0.760 e. The molecule has 1 aromatic carbocycles. The molecule has 8 heteroatoms. The third-order valence-electron chi connectivity index (χ3n) is 1.40. The molecule has 0 heterocycles. The SMILES string of the molecule is Cc1ccccc1S(N)(=O)=O.NS(=O)[O-]. The Bertz CT molecular complexity index is 440. The van der Waals surface area contributed by atoms with Gasteiger partial charge >= 0.3 is 0 Å². The fraction of sp³-hybridized carbons (Fsp3) is 0.143. The highest BCUT2D eigenvalue weighted by molar-refractivity contribution is 7.89. The Kier molecular flexibility index (Phi) is 5.61. The van der Waals surface area contributed by atoms with Gasteiger partial charge in [0.2, 0.25) is 10.0 Å². The summed E-state index contributed by atoms with van der Waals surface area (Å²) in [6.07, 6.45) is 0. The minimum Gasteiger partial charge on any atom is -0.760 e. The lowest BCUT2D eigenvalue weighted by Gasteiger charge is -2.00. The second-order valence-electron chi connectivity index (χ2n) is 2.57. The average molecular weight is 251 g/mol. The molecule has 6 nitrogen and oxygen atoms in total. The molecule has 0 spiro atoms. The van der Waals surface area contributed by atoms with E-state index >= 15 is 0 Å². The van der Waals surface area contributed by atoms with Crippen molar-refractivity contribution < 1.29 is 17.2 Å². The summed E-state index contributed by atoms with van der Waals surface area (Å²) in [6, 6.07) is 6.61. The van der Waals surface area contributed by atoms with E-state index in [1.54, 1.807) is 25.1 Å². The summed E-state index contributed by atoms with van der Waals surface area (Å²) in [5.41, 5.74) is 0.676. The summed E-state index contributed by atoms with van der Waals surface area (Å²) in [7, 11) is -3.53. The Morgan fingerprint density at radius 3 is 2.00 bits per heavy atom. The minimum absolute atomic E-state index is 0.194. The molecule has 0 amide bonds. The highest BCUT2D eigenvalue weighted by Crippen LogP contribution is 2.10. The van der Waals surface area contributed by atoms with Crippen molar-refractivity contribution in [1.29, 1.82) is 0 Å². The van der Waals surface area contributed by atoms with Gasteiger partial charge in [-0.25, -0.2) is 13.6 Å². The van der Waals surface area contributed by atoms with Gasteiger partial charge in [0, 0.05) is 11.3 Å². The molecule has 1 unspecified atom stereocenters. The monoisotopic (exact) mass is 251 g/mol. The maximum Gasteiger partial charge on any atom is 0.238 e. The van der Waals surface area contributed by atoms with Crippen molar-refractivity contribution in [2.75, 3.05) is 0 Å². The molecular weight excluding hydrogens is 240 g/mol. The van der Waals surface area contributed by atoms with Crippen LogP contribution in [-0.4, -0.2) is 17.2 Å². The third-order valence-corrected chi connectivity index (χ3v) is 2.47. The van der Waals surface area contributed by atoms with E-state index in [0.717, 1.165) is 0 Å². The first-order chi connectivity index (χ1) is 6.75. The molecule has 15 heavy (non-hydrogen) atoms. The first-order valence-corrected chi connectivity index (χ1v) is 6.35. The van der Waals surface area contributed by atoms with Crippen molar-refractivity contribution in [3.05, 3.63) is 29.8 Å². The molecule has 0 bridgehead atoms. The lowest BCUT2D eigenvalue weighted by atomic mass is 10.2. The van der Waals surface area contributed by atoms with Gasteiger partial charge in [0.25, 0.3) is 0 Å². The van der Waals surface area contributed by atoms with Gasteiger partial charge in [0.15, 0.2) is 0 Å². The molecule has 0 aliphatic rings. The first kappa shape index (κ1) is 14.2. The molecule has 0 fully saturated rings. The standard InChI is InChI=1S/C7H9NO2S.H3NO2S/c1-6-4-2-3-5-7(6)11(8,9)10;1-4(2)3/h2-5H,1H3,(H2,8,9,10);1H2,(H,2,3)/p-1. The van der Waals surface area contributed by atoms with Crippen molar-refractivity contribution in [1.82, 2.24) is 0 Å². The van der Waals surface area contributed by atoms with Crippen molar-refractivity contribution >= 4 is 21.3 Å². The van der Waals surface area contributed by atoms with E-state index in [2.05, 4.69) is 5.14 Å². The van der Waals surface area contributed by atoms with Crippen LogP contribution in [0.2, 0.25) is 0 Å². The van der Waals surface area contributed by atoms with Gasteiger partial charge in [-0.05, 0) is 18.6 Å². The van der Waals surface area contributed by atoms with Crippen molar-refractivity contribution in [3.8, 4) is 0 Å². The maximum absolute atomic E-state index is 10.8. The molecule has 86 valence electrons. The van der Waals surface area contributed by atoms with Crippen LogP contribution in [0, 0.1) is 6.92 Å². The Morgan fingerprint density at radius 1 is 1.33 bits per heavy atom. The minimum atomic E-state index is -3.53. The zero-order chi connectivity index (χ0) is 12.1. The molecule has 1 atom stereocenters. The molecule has 4 N–H and O–H groups in total. The summed E-state index contributed by atoms with van der Waals surface area (Å²) in [5, 5.41) is 8.96. The second kappa shape index (κ2) is 5.93. The molecule has 1 rings (SSSR count). The number of hydrogen-bond acceptors (Lipinski definition) is 4. The summed E-state index contributed by atoms with van der Waals surface area (Å²) in [4.78, 5) is 0.194. The molecule has 0 saturated heterocycles. The summed E-state index contributed by atoms with van der Waals surface area (Å²) < 4.78 is 39.2. The molecule has 0 aromatic heterocycles. The first-order valence-electron chi connectivity index (χ1n) is 3.67. The summed E-state index contributed by atoms with van der Waals surface area (Å²) in [5.74, 6) is 0. The van der Waals surface area contributed by atoms with Crippen LogP contribution in [0.4, 0.5) is 0 Å². The van der Waals surface area contributed by atoms with E-state index in [9.17, 15) is 8.42 Å². The van der Waals surface area contributed by atoms with Crippen LogP contribution in [0.25, 0.3) is 0 Å². The van der Waals surface area contributed by atoms with Gasteiger partial charge in [0.1, 0.15) is 0 Å². The quantitative estimate of drug-likeness (QED) is 0.645. The van der Waals surface area contributed by atoms with Gasteiger partial charge in [-0.2, -0.15) is 0 Å². The van der Waals surface area contributed by atoms with Crippen LogP contribution < -0.4 is 10.3 Å². The van der Waals surface area contributed by atoms with Crippen LogP contribution >= 0.6 is 0 Å². The van der Waals surface area contributed by atoms with E-state index in [0.29, 0.717) is 5.56 Å². The lowest BCUT2D eigenvalue weighted by Crippen LogP contribution is -2.13. The van der Waals surface area contributed by atoms with Gasteiger partial charge < -0.3 is 4.55 Å². The Labute approximate surface area is 90.8 Å². The van der Waals surface area contributed by atoms with E-state index < -0.39 is 21.3 Å². The van der Waals surface area contributed by atoms with Crippen LogP contribution in [0.3, 0.4) is 0 Å². The molecule has 0 saturated carbocycles. The summed E-state index contributed by atoms with van der Waals surface area (Å²) >= 11 is -2.36. The second-order valence-corrected chi connectivity index (χ2v) is 4.62. The molecule has 0 radical (unpaired) electrons. The smallest absolute Gasteiger partial charge is 0.238 e. The van der Waals surface area contributed by atoms with E-state index in [1.807, 2.05) is 0 Å². The third kappa shape index (κ3) is 6.31. The molecule has 1 aromatic rings. The van der Waals surface area contributed by atoms with Crippen molar-refractivity contribution in [3.63, 3.8) is 0 Å². The number of nitrogens with two attached hydrogens (primary N) is 2. The van der Waals surface area contributed by atoms with Crippen LogP contribution in [-0.2, 0) is 21.3 Å². The predicted molar refractivity (Wildman–Crippen MR) is 55.7 cm³/mol. The van der Waals surface area contributed by atoms with Crippen LogP contribution in [0.1, 0.15) is 5.56 Å². The van der Waals surface area contributed by atoms with Crippen LogP contribution in [0.15, 0.2) is 29.2 Å². The highest BCUT2D eigenvalue weighted by Gasteiger charge is 2.08. The maximum atomic E-state index is 10.8. The number of sulfonamides is 1. The van der Waals surface area contributed by atoms with Gasteiger partial charge in [0.05, 0.1) is 4.90 Å². The average Bonchev–Trinajstić information content (AvgIpc) is 2.01. The fourth-order valence-corrected chi connectivity index (χ4v) is 1.66.